The minimum atomic E-state index is -0.402. The second-order valence-corrected chi connectivity index (χ2v) is 2.14. The normalized spacial score (nSPS) is 9.31. The van der Waals surface area contributed by atoms with Gasteiger partial charge in [0.05, 0.1) is 6.61 Å². The number of esters is 1. The second kappa shape index (κ2) is 5.08. The highest BCUT2D eigenvalue weighted by atomic mass is 16.6. The van der Waals surface area contributed by atoms with Gasteiger partial charge in [-0.1, -0.05) is 0 Å². The Morgan fingerprint density at radius 1 is 1.62 bits per heavy atom. The minimum absolute atomic E-state index is 0.120. The molecule has 5 nitrogen and oxygen atoms in total. The molecule has 1 heterocycles. The lowest BCUT2D eigenvalue weighted by Gasteiger charge is -2.03. The lowest BCUT2D eigenvalue weighted by Crippen LogP contribution is -2.14. The Bertz CT molecular complexity index is 263. The van der Waals surface area contributed by atoms with Crippen LogP contribution in [0.25, 0.3) is 0 Å². The molecule has 0 aliphatic carbocycles. The number of aromatic nitrogens is 2. The van der Waals surface area contributed by atoms with E-state index in [0.717, 1.165) is 0 Å². The summed E-state index contributed by atoms with van der Waals surface area (Å²) in [7, 11) is 0. The first-order valence-corrected chi connectivity index (χ1v) is 3.87. The van der Waals surface area contributed by atoms with Gasteiger partial charge in [0.15, 0.2) is 6.61 Å². The monoisotopic (exact) mass is 182 g/mol. The van der Waals surface area contributed by atoms with Crippen LogP contribution in [0.2, 0.25) is 0 Å². The maximum atomic E-state index is 10.8. The predicted octanol–water partition coefficient (Wildman–Crippen LogP) is 0.419. The van der Waals surface area contributed by atoms with Crippen LogP contribution in [0.5, 0.6) is 5.88 Å². The fourth-order valence-corrected chi connectivity index (χ4v) is 0.699. The van der Waals surface area contributed by atoms with E-state index in [1.807, 2.05) is 0 Å². The van der Waals surface area contributed by atoms with Crippen molar-refractivity contribution in [3.63, 3.8) is 0 Å². The average Bonchev–Trinajstić information content (AvgIpc) is 2.17. The highest BCUT2D eigenvalue weighted by Crippen LogP contribution is 2.00. The average molecular weight is 182 g/mol. The van der Waals surface area contributed by atoms with Crippen molar-refractivity contribution in [2.24, 2.45) is 0 Å². The largest absolute Gasteiger partial charge is 0.466 e. The van der Waals surface area contributed by atoms with E-state index in [-0.39, 0.29) is 6.61 Å². The van der Waals surface area contributed by atoms with Crippen LogP contribution in [0, 0.1) is 0 Å². The maximum absolute atomic E-state index is 10.8. The van der Waals surface area contributed by atoms with Gasteiger partial charge in [-0.15, -0.1) is 0 Å². The van der Waals surface area contributed by atoms with Gasteiger partial charge in [-0.05, 0) is 6.92 Å². The van der Waals surface area contributed by atoms with E-state index >= 15 is 0 Å². The van der Waals surface area contributed by atoms with Crippen LogP contribution >= 0.6 is 0 Å². The van der Waals surface area contributed by atoms with Gasteiger partial charge in [0.2, 0.25) is 5.88 Å². The van der Waals surface area contributed by atoms with Crippen LogP contribution in [0.4, 0.5) is 0 Å². The standard InChI is InChI=1S/C8H10N2O3/c1-2-12-8(11)5-13-7-3-4-9-6-10-7/h3-4,6H,2,5H2,1H3. The van der Waals surface area contributed by atoms with Crippen LogP contribution < -0.4 is 4.74 Å². The summed E-state index contributed by atoms with van der Waals surface area (Å²) in [5.41, 5.74) is 0. The molecular formula is C8H10N2O3. The molecular weight excluding hydrogens is 172 g/mol. The molecule has 1 aromatic heterocycles. The fraction of sp³-hybridized carbons (Fsp3) is 0.375. The number of carbonyl (C=O) groups excluding carboxylic acids is 1. The van der Waals surface area contributed by atoms with Crippen LogP contribution in [0.3, 0.4) is 0 Å². The van der Waals surface area contributed by atoms with Gasteiger partial charge in [0.25, 0.3) is 0 Å². The third-order valence-electron chi connectivity index (χ3n) is 1.20. The third-order valence-corrected chi connectivity index (χ3v) is 1.20. The van der Waals surface area contributed by atoms with Gasteiger partial charge in [-0.25, -0.2) is 14.8 Å². The number of carbonyl (C=O) groups is 1. The summed E-state index contributed by atoms with van der Waals surface area (Å²) in [5.74, 6) is -0.0378. The zero-order valence-corrected chi connectivity index (χ0v) is 7.27. The van der Waals surface area contributed by atoms with Crippen molar-refractivity contribution in [2.45, 2.75) is 6.92 Å². The van der Waals surface area contributed by atoms with Crippen molar-refractivity contribution in [3.8, 4) is 5.88 Å². The molecule has 1 aromatic rings. The molecule has 1 rings (SSSR count). The van der Waals surface area contributed by atoms with Crippen LogP contribution in [0.15, 0.2) is 18.6 Å². The van der Waals surface area contributed by atoms with E-state index in [4.69, 9.17) is 4.74 Å². The quantitative estimate of drug-likeness (QED) is 0.631. The van der Waals surface area contributed by atoms with E-state index in [1.165, 1.54) is 12.5 Å². The third kappa shape index (κ3) is 3.50. The Morgan fingerprint density at radius 3 is 3.08 bits per heavy atom. The number of ether oxygens (including phenoxy) is 2. The molecule has 0 amide bonds. The second-order valence-electron chi connectivity index (χ2n) is 2.14. The lowest BCUT2D eigenvalue weighted by molar-refractivity contribution is -0.145. The van der Waals surface area contributed by atoms with Crippen molar-refractivity contribution in [2.75, 3.05) is 13.2 Å². The number of nitrogens with zero attached hydrogens (tertiary/aromatic N) is 2. The molecule has 70 valence electrons. The van der Waals surface area contributed by atoms with Crippen molar-refractivity contribution >= 4 is 5.97 Å². The number of hydrogen-bond acceptors (Lipinski definition) is 5. The summed E-state index contributed by atoms with van der Waals surface area (Å²) >= 11 is 0. The zero-order valence-electron chi connectivity index (χ0n) is 7.27. The Balaban J connectivity index is 2.31. The molecule has 0 saturated heterocycles. The molecule has 0 N–H and O–H groups in total. The molecule has 0 radical (unpaired) electrons. The first kappa shape index (κ1) is 9.44. The summed E-state index contributed by atoms with van der Waals surface area (Å²) in [6.07, 6.45) is 2.88. The van der Waals surface area contributed by atoms with E-state index in [9.17, 15) is 4.79 Å². The predicted molar refractivity (Wildman–Crippen MR) is 44.2 cm³/mol. The van der Waals surface area contributed by atoms with Gasteiger partial charge in [0.1, 0.15) is 6.33 Å². The Hall–Kier alpha value is -1.65. The van der Waals surface area contributed by atoms with Crippen molar-refractivity contribution in [1.29, 1.82) is 0 Å². The van der Waals surface area contributed by atoms with E-state index in [0.29, 0.717) is 12.5 Å². The van der Waals surface area contributed by atoms with Crippen molar-refractivity contribution < 1.29 is 14.3 Å². The van der Waals surface area contributed by atoms with Gasteiger partial charge >= 0.3 is 5.97 Å². The summed E-state index contributed by atoms with van der Waals surface area (Å²) in [6.45, 7) is 1.97. The van der Waals surface area contributed by atoms with E-state index in [2.05, 4.69) is 14.7 Å². The van der Waals surface area contributed by atoms with Crippen molar-refractivity contribution in [1.82, 2.24) is 9.97 Å². The summed E-state index contributed by atoms with van der Waals surface area (Å²) in [4.78, 5) is 18.3. The van der Waals surface area contributed by atoms with Gasteiger partial charge in [-0.3, -0.25) is 0 Å². The first-order chi connectivity index (χ1) is 6.33. The highest BCUT2D eigenvalue weighted by Gasteiger charge is 2.02. The topological polar surface area (TPSA) is 61.3 Å². The number of rotatable bonds is 4. The maximum Gasteiger partial charge on any atom is 0.344 e. The summed E-state index contributed by atoms with van der Waals surface area (Å²) < 4.78 is 9.65. The molecule has 0 aliphatic heterocycles. The van der Waals surface area contributed by atoms with Crippen LogP contribution in [-0.4, -0.2) is 29.2 Å². The Morgan fingerprint density at radius 2 is 2.46 bits per heavy atom. The molecule has 0 saturated carbocycles. The minimum Gasteiger partial charge on any atom is -0.466 e. The van der Waals surface area contributed by atoms with Crippen LogP contribution in [-0.2, 0) is 9.53 Å². The highest BCUT2D eigenvalue weighted by molar-refractivity contribution is 5.70. The first-order valence-electron chi connectivity index (χ1n) is 3.87. The molecule has 0 fully saturated rings. The molecule has 5 heteroatoms. The molecule has 0 atom stereocenters. The smallest absolute Gasteiger partial charge is 0.344 e. The molecule has 0 spiro atoms. The molecule has 0 bridgehead atoms. The molecule has 13 heavy (non-hydrogen) atoms. The van der Waals surface area contributed by atoms with E-state index in [1.54, 1.807) is 13.0 Å². The lowest BCUT2D eigenvalue weighted by atomic mass is 10.6. The molecule has 0 aliphatic rings. The van der Waals surface area contributed by atoms with Crippen LogP contribution in [0.1, 0.15) is 6.92 Å². The zero-order chi connectivity index (χ0) is 9.52. The summed E-state index contributed by atoms with van der Waals surface area (Å²) in [6, 6.07) is 1.57. The van der Waals surface area contributed by atoms with Crippen molar-refractivity contribution in [3.05, 3.63) is 18.6 Å². The fourth-order valence-electron chi connectivity index (χ4n) is 0.699. The summed E-state index contributed by atoms with van der Waals surface area (Å²) in [5, 5.41) is 0. The van der Waals surface area contributed by atoms with Gasteiger partial charge in [0, 0.05) is 12.3 Å². The molecule has 0 unspecified atom stereocenters. The molecule has 0 aromatic carbocycles. The SMILES string of the molecule is CCOC(=O)COc1ccncn1. The van der Waals surface area contributed by atoms with Gasteiger partial charge < -0.3 is 9.47 Å². The number of hydrogen-bond donors (Lipinski definition) is 0. The van der Waals surface area contributed by atoms with Gasteiger partial charge in [-0.2, -0.15) is 0 Å². The van der Waals surface area contributed by atoms with E-state index < -0.39 is 5.97 Å². The Labute approximate surface area is 75.7 Å². The Kier molecular flexibility index (Phi) is 3.69.